The van der Waals surface area contributed by atoms with Crippen LogP contribution in [0.5, 0.6) is 0 Å². The highest BCUT2D eigenvalue weighted by atomic mass is 79.9. The van der Waals surface area contributed by atoms with Gasteiger partial charge in [-0.15, -0.1) is 11.8 Å². The molecule has 0 saturated heterocycles. The molecule has 6 heteroatoms. The molecule has 21 heavy (non-hydrogen) atoms. The Kier molecular flexibility index (Phi) is 6.08. The van der Waals surface area contributed by atoms with Gasteiger partial charge in [0.25, 0.3) is 0 Å². The highest BCUT2D eigenvalue weighted by molar-refractivity contribution is 9.11. The van der Waals surface area contributed by atoms with Gasteiger partial charge in [0.05, 0.1) is 15.9 Å². The van der Waals surface area contributed by atoms with Gasteiger partial charge in [0, 0.05) is 16.4 Å². The predicted octanol–water partition coefficient (Wildman–Crippen LogP) is 5.46. The van der Waals surface area contributed by atoms with Gasteiger partial charge in [-0.2, -0.15) is 0 Å². The molecule has 0 aliphatic carbocycles. The molecule has 0 fully saturated rings. The first kappa shape index (κ1) is 16.8. The third-order valence-electron chi connectivity index (χ3n) is 2.90. The number of aromatic nitrogens is 2. The number of nitrogens with zero attached hydrogens (tertiary/aromatic N) is 2. The van der Waals surface area contributed by atoms with Crippen molar-refractivity contribution in [2.24, 2.45) is 0 Å². The van der Waals surface area contributed by atoms with Crippen LogP contribution in [0, 0.1) is 0 Å². The quantitative estimate of drug-likeness (QED) is 0.639. The van der Waals surface area contributed by atoms with Crippen molar-refractivity contribution >= 4 is 49.4 Å². The van der Waals surface area contributed by atoms with E-state index in [1.54, 1.807) is 11.8 Å². The van der Waals surface area contributed by atoms with Gasteiger partial charge in [0.1, 0.15) is 11.6 Å². The fraction of sp³-hybridized carbons (Fsp3) is 0.333. The lowest BCUT2D eigenvalue weighted by Crippen LogP contribution is -2.06. The van der Waals surface area contributed by atoms with Crippen LogP contribution in [0.4, 0.5) is 5.82 Å². The van der Waals surface area contributed by atoms with E-state index < -0.39 is 0 Å². The van der Waals surface area contributed by atoms with E-state index in [2.05, 4.69) is 62.1 Å². The molecule has 112 valence electrons. The second kappa shape index (κ2) is 7.61. The Morgan fingerprint density at radius 2 is 1.90 bits per heavy atom. The van der Waals surface area contributed by atoms with E-state index >= 15 is 0 Å². The van der Waals surface area contributed by atoms with E-state index in [4.69, 9.17) is 4.98 Å². The molecule has 1 N–H and O–H groups in total. The summed E-state index contributed by atoms with van der Waals surface area (Å²) in [5.41, 5.74) is 1.04. The zero-order valence-corrected chi connectivity index (χ0v) is 16.1. The predicted molar refractivity (Wildman–Crippen MR) is 97.1 cm³/mol. The van der Waals surface area contributed by atoms with Crippen LogP contribution in [-0.4, -0.2) is 17.0 Å². The molecule has 3 nitrogen and oxygen atoms in total. The Morgan fingerprint density at radius 3 is 2.52 bits per heavy atom. The molecule has 0 spiro atoms. The van der Waals surface area contributed by atoms with Crippen LogP contribution in [0.1, 0.15) is 31.3 Å². The molecule has 0 unspecified atom stereocenters. The van der Waals surface area contributed by atoms with Crippen molar-refractivity contribution in [2.75, 3.05) is 12.4 Å². The second-order valence-electron chi connectivity index (χ2n) is 4.81. The van der Waals surface area contributed by atoms with Gasteiger partial charge >= 0.3 is 0 Å². The van der Waals surface area contributed by atoms with Gasteiger partial charge < -0.3 is 5.32 Å². The van der Waals surface area contributed by atoms with Crippen molar-refractivity contribution in [3.8, 4) is 0 Å². The molecular weight excluding hydrogens is 414 g/mol. The number of nitrogens with one attached hydrogen (secondary N) is 1. The highest BCUT2D eigenvalue weighted by Gasteiger charge is 2.14. The summed E-state index contributed by atoms with van der Waals surface area (Å²) in [7, 11) is 1.88. The SMILES string of the molecule is CNc1nc(CSc2ccccc2Br)nc(C(C)C)c1Br. The molecule has 1 aromatic carbocycles. The van der Waals surface area contributed by atoms with Crippen LogP contribution >= 0.6 is 43.6 Å². The lowest BCUT2D eigenvalue weighted by atomic mass is 10.1. The zero-order chi connectivity index (χ0) is 15.4. The van der Waals surface area contributed by atoms with Gasteiger partial charge in [-0.05, 0) is 49.9 Å². The van der Waals surface area contributed by atoms with E-state index in [1.807, 2.05) is 25.2 Å². The van der Waals surface area contributed by atoms with Gasteiger partial charge in [0.2, 0.25) is 0 Å². The Hall–Kier alpha value is -0.590. The number of benzene rings is 1. The van der Waals surface area contributed by atoms with Crippen LogP contribution in [0.15, 0.2) is 38.1 Å². The van der Waals surface area contributed by atoms with Crippen molar-refractivity contribution < 1.29 is 0 Å². The topological polar surface area (TPSA) is 37.8 Å². The zero-order valence-electron chi connectivity index (χ0n) is 12.2. The minimum absolute atomic E-state index is 0.349. The molecule has 0 atom stereocenters. The number of halogens is 2. The molecule has 0 amide bonds. The summed E-state index contributed by atoms with van der Waals surface area (Å²) in [6, 6.07) is 8.19. The first-order valence-electron chi connectivity index (χ1n) is 6.64. The summed E-state index contributed by atoms with van der Waals surface area (Å²) < 4.78 is 2.06. The summed E-state index contributed by atoms with van der Waals surface area (Å²) in [6.45, 7) is 4.27. The second-order valence-corrected chi connectivity index (χ2v) is 7.48. The fourth-order valence-corrected chi connectivity index (χ4v) is 4.09. The molecule has 0 saturated carbocycles. The lowest BCUT2D eigenvalue weighted by molar-refractivity contribution is 0.793. The van der Waals surface area contributed by atoms with E-state index in [-0.39, 0.29) is 0 Å². The number of anilines is 1. The molecule has 2 aromatic rings. The Morgan fingerprint density at radius 1 is 1.19 bits per heavy atom. The standard InChI is InChI=1S/C15H17Br2N3S/c1-9(2)14-13(17)15(18-3)20-12(19-14)8-21-11-7-5-4-6-10(11)16/h4-7,9H,8H2,1-3H3,(H,18,19,20). The smallest absolute Gasteiger partial charge is 0.144 e. The molecule has 0 aliphatic rings. The van der Waals surface area contributed by atoms with Gasteiger partial charge in [-0.3, -0.25) is 0 Å². The van der Waals surface area contributed by atoms with Crippen molar-refractivity contribution in [3.63, 3.8) is 0 Å². The van der Waals surface area contributed by atoms with Crippen molar-refractivity contribution in [1.82, 2.24) is 9.97 Å². The van der Waals surface area contributed by atoms with E-state index in [0.29, 0.717) is 5.92 Å². The summed E-state index contributed by atoms with van der Waals surface area (Å²) in [4.78, 5) is 10.5. The molecule has 1 heterocycles. The summed E-state index contributed by atoms with van der Waals surface area (Å²) in [5.74, 6) is 2.77. The highest BCUT2D eigenvalue weighted by Crippen LogP contribution is 2.32. The van der Waals surface area contributed by atoms with Crippen molar-refractivity contribution in [2.45, 2.75) is 30.4 Å². The normalized spacial score (nSPS) is 11.0. The summed E-state index contributed by atoms with van der Waals surface area (Å²) >= 11 is 8.88. The first-order chi connectivity index (χ1) is 10.0. The summed E-state index contributed by atoms with van der Waals surface area (Å²) in [5, 5.41) is 3.12. The molecule has 0 aliphatic heterocycles. The first-order valence-corrected chi connectivity index (χ1v) is 9.21. The minimum Gasteiger partial charge on any atom is -0.372 e. The molecule has 0 radical (unpaired) electrons. The van der Waals surface area contributed by atoms with Gasteiger partial charge in [0.15, 0.2) is 0 Å². The van der Waals surface area contributed by atoms with Crippen LogP contribution in [0.3, 0.4) is 0 Å². The Labute approximate surface area is 146 Å². The average Bonchev–Trinajstić information content (AvgIpc) is 2.47. The number of hydrogen-bond acceptors (Lipinski definition) is 4. The fourth-order valence-electron chi connectivity index (χ4n) is 1.83. The van der Waals surface area contributed by atoms with E-state index in [0.717, 1.165) is 32.0 Å². The molecule has 2 rings (SSSR count). The average molecular weight is 431 g/mol. The van der Waals surface area contributed by atoms with E-state index in [1.165, 1.54) is 4.90 Å². The number of thioether (sulfide) groups is 1. The van der Waals surface area contributed by atoms with Crippen LogP contribution in [0.2, 0.25) is 0 Å². The third kappa shape index (κ3) is 4.20. The minimum atomic E-state index is 0.349. The molecule has 0 bridgehead atoms. The molecule has 1 aromatic heterocycles. The van der Waals surface area contributed by atoms with Gasteiger partial charge in [-0.1, -0.05) is 26.0 Å². The maximum Gasteiger partial charge on any atom is 0.144 e. The number of rotatable bonds is 5. The van der Waals surface area contributed by atoms with Crippen molar-refractivity contribution in [3.05, 3.63) is 44.7 Å². The van der Waals surface area contributed by atoms with Crippen LogP contribution < -0.4 is 5.32 Å². The maximum absolute atomic E-state index is 4.69. The van der Waals surface area contributed by atoms with Crippen molar-refractivity contribution in [1.29, 1.82) is 0 Å². The lowest BCUT2D eigenvalue weighted by Gasteiger charge is -2.13. The third-order valence-corrected chi connectivity index (χ3v) is 5.71. The maximum atomic E-state index is 4.69. The number of hydrogen-bond donors (Lipinski definition) is 1. The van der Waals surface area contributed by atoms with E-state index in [9.17, 15) is 0 Å². The molecular formula is C15H17Br2N3S. The Bertz CT molecular complexity index is 632. The monoisotopic (exact) mass is 429 g/mol. The van der Waals surface area contributed by atoms with Gasteiger partial charge in [-0.25, -0.2) is 9.97 Å². The summed E-state index contributed by atoms with van der Waals surface area (Å²) in [6.07, 6.45) is 0. The largest absolute Gasteiger partial charge is 0.372 e. The van der Waals surface area contributed by atoms with Crippen LogP contribution in [-0.2, 0) is 5.75 Å². The van der Waals surface area contributed by atoms with Crippen LogP contribution in [0.25, 0.3) is 0 Å². The Balaban J connectivity index is 2.24.